The Kier molecular flexibility index (Phi) is 8.90. The van der Waals surface area contributed by atoms with Gasteiger partial charge in [0.05, 0.1) is 24.2 Å². The summed E-state index contributed by atoms with van der Waals surface area (Å²) in [5.74, 6) is -0.549. The summed E-state index contributed by atoms with van der Waals surface area (Å²) in [7, 11) is -2.40. The molecule has 0 aromatic heterocycles. The molecule has 1 aliphatic carbocycles. The highest BCUT2D eigenvalue weighted by Gasteiger charge is 2.40. The smallest absolute Gasteiger partial charge is 0.244 e. The molecule has 0 bridgehead atoms. The number of rotatable bonds is 12. The number of phenolic OH excluding ortho intramolecular Hbond substituents is 2. The fraction of sp³-hybridized carbons (Fsp3) is 0.276. The second-order valence-electron chi connectivity index (χ2n) is 9.44. The number of carbonyl (C=O) groups excluding carboxylic acids is 1. The van der Waals surface area contributed by atoms with Gasteiger partial charge in [0.15, 0.2) is 11.5 Å². The van der Waals surface area contributed by atoms with E-state index in [0.717, 1.165) is 5.56 Å². The zero-order valence-electron chi connectivity index (χ0n) is 21.5. The summed E-state index contributed by atoms with van der Waals surface area (Å²) in [6.45, 7) is -0.188. The van der Waals surface area contributed by atoms with E-state index in [9.17, 15) is 28.5 Å². The van der Waals surface area contributed by atoms with E-state index in [0.29, 0.717) is 24.2 Å². The molecule has 4 rings (SSSR count). The Labute approximate surface area is 228 Å². The summed E-state index contributed by atoms with van der Waals surface area (Å²) >= 11 is 0. The van der Waals surface area contributed by atoms with Crippen molar-refractivity contribution in [1.29, 1.82) is 0 Å². The number of methoxy groups -OCH3 is 1. The zero-order chi connectivity index (χ0) is 28.0. The second kappa shape index (κ2) is 12.3. The number of nitrogens with zero attached hydrogens (tertiary/aromatic N) is 1. The number of ether oxygens (including phenoxy) is 1. The van der Waals surface area contributed by atoms with Gasteiger partial charge in [0.2, 0.25) is 15.9 Å². The van der Waals surface area contributed by atoms with Crippen LogP contribution in [0.3, 0.4) is 0 Å². The van der Waals surface area contributed by atoms with Crippen LogP contribution in [-0.4, -0.2) is 65.8 Å². The third-order valence-corrected chi connectivity index (χ3v) is 8.44. The topological polar surface area (TPSA) is 136 Å². The number of sulfonamides is 1. The zero-order valence-corrected chi connectivity index (χ0v) is 22.3. The number of aromatic hydroxyl groups is 2. The molecule has 0 radical (unpaired) electrons. The van der Waals surface area contributed by atoms with E-state index < -0.39 is 28.1 Å². The normalized spacial score (nSPS) is 15.3. The second-order valence-corrected chi connectivity index (χ2v) is 11.3. The first-order valence-electron chi connectivity index (χ1n) is 12.6. The lowest BCUT2D eigenvalue weighted by molar-refractivity contribution is -0.118. The molecule has 39 heavy (non-hydrogen) atoms. The summed E-state index contributed by atoms with van der Waals surface area (Å²) < 4.78 is 33.5. The van der Waals surface area contributed by atoms with Crippen molar-refractivity contribution in [2.24, 2.45) is 0 Å². The summed E-state index contributed by atoms with van der Waals surface area (Å²) in [5, 5.41) is 33.2. The van der Waals surface area contributed by atoms with Crippen molar-refractivity contribution in [3.05, 3.63) is 90.0 Å². The van der Waals surface area contributed by atoms with Crippen LogP contribution in [0.15, 0.2) is 83.8 Å². The number of phenols is 2. The Hall–Kier alpha value is -3.86. The highest BCUT2D eigenvalue weighted by molar-refractivity contribution is 7.89. The minimum atomic E-state index is -3.90. The van der Waals surface area contributed by atoms with Crippen LogP contribution in [0.4, 0.5) is 0 Å². The predicted molar refractivity (Wildman–Crippen MR) is 147 cm³/mol. The lowest BCUT2D eigenvalue weighted by atomic mass is 10.0. The number of aliphatic hydroxyl groups excluding tert-OH is 1. The highest BCUT2D eigenvalue weighted by atomic mass is 32.2. The van der Waals surface area contributed by atoms with Gasteiger partial charge in [-0.25, -0.2) is 8.42 Å². The van der Waals surface area contributed by atoms with Crippen LogP contribution in [-0.2, 0) is 21.2 Å². The van der Waals surface area contributed by atoms with Crippen LogP contribution >= 0.6 is 0 Å². The van der Waals surface area contributed by atoms with Gasteiger partial charge in [0.1, 0.15) is 5.75 Å². The molecule has 2 atom stereocenters. The maximum absolute atomic E-state index is 13.5. The van der Waals surface area contributed by atoms with Gasteiger partial charge < -0.3 is 25.4 Å². The summed E-state index contributed by atoms with van der Waals surface area (Å²) in [4.78, 5) is 12.9. The van der Waals surface area contributed by atoms with Crippen LogP contribution in [0, 0.1) is 0 Å². The fourth-order valence-electron chi connectivity index (χ4n) is 4.20. The van der Waals surface area contributed by atoms with Gasteiger partial charge in [-0.1, -0.05) is 36.4 Å². The number of benzene rings is 3. The van der Waals surface area contributed by atoms with Crippen molar-refractivity contribution < 1.29 is 33.3 Å². The average Bonchev–Trinajstić information content (AvgIpc) is 3.77. The van der Waals surface area contributed by atoms with E-state index in [4.69, 9.17) is 4.74 Å². The van der Waals surface area contributed by atoms with Crippen LogP contribution in [0.2, 0.25) is 0 Å². The SMILES string of the molecule is COc1ccc(S(=O)(=O)N(C[C@@H](O)[C@H](Cc2ccccc2)NC(=O)/C=C/c2ccc(O)c(O)c2)C2CC2)cc1. The average molecular weight is 553 g/mol. The molecule has 3 aromatic rings. The van der Waals surface area contributed by atoms with Crippen molar-refractivity contribution in [1.82, 2.24) is 9.62 Å². The number of hydrogen-bond donors (Lipinski definition) is 4. The number of nitrogens with one attached hydrogen (secondary N) is 1. The molecule has 1 amide bonds. The third-order valence-electron chi connectivity index (χ3n) is 6.50. The maximum atomic E-state index is 13.5. The number of amides is 1. The molecule has 1 aliphatic rings. The molecule has 1 saturated carbocycles. The minimum absolute atomic E-state index is 0.103. The van der Waals surface area contributed by atoms with Gasteiger partial charge in [0, 0.05) is 18.7 Å². The molecule has 0 heterocycles. The Balaban J connectivity index is 1.53. The molecule has 4 N–H and O–H groups in total. The maximum Gasteiger partial charge on any atom is 0.244 e. The van der Waals surface area contributed by atoms with Gasteiger partial charge in [-0.15, -0.1) is 0 Å². The van der Waals surface area contributed by atoms with E-state index in [-0.39, 0.29) is 35.4 Å². The molecule has 10 heteroatoms. The van der Waals surface area contributed by atoms with E-state index in [1.54, 1.807) is 12.1 Å². The first kappa shape index (κ1) is 28.2. The molecule has 1 fully saturated rings. The molecule has 9 nitrogen and oxygen atoms in total. The van der Waals surface area contributed by atoms with Crippen LogP contribution < -0.4 is 10.1 Å². The van der Waals surface area contributed by atoms with Crippen LogP contribution in [0.5, 0.6) is 17.2 Å². The molecule has 0 saturated heterocycles. The number of carbonyl (C=O) groups is 1. The lowest BCUT2D eigenvalue weighted by Crippen LogP contribution is -2.50. The van der Waals surface area contributed by atoms with Gasteiger partial charge in [-0.2, -0.15) is 4.31 Å². The largest absolute Gasteiger partial charge is 0.504 e. The standard InChI is InChI=1S/C29H32N2O7S/c1-38-23-11-13-24(14-12-23)39(36,37)31(22-9-10-22)19-28(34)25(17-20-5-3-2-4-6-20)30-29(35)16-8-21-7-15-26(32)27(33)18-21/h2-8,11-16,18,22,25,28,32-34H,9-10,17,19H2,1H3,(H,30,35)/b16-8+/t25-,28+/m0/s1. The summed E-state index contributed by atoms with van der Waals surface area (Å²) in [6.07, 6.45) is 3.19. The van der Waals surface area contributed by atoms with Gasteiger partial charge in [0.25, 0.3) is 0 Å². The van der Waals surface area contributed by atoms with Gasteiger partial charge in [-0.05, 0) is 72.9 Å². The monoisotopic (exact) mass is 552 g/mol. The van der Waals surface area contributed by atoms with E-state index in [1.807, 2.05) is 30.3 Å². The van der Waals surface area contributed by atoms with Crippen LogP contribution in [0.1, 0.15) is 24.0 Å². The third kappa shape index (κ3) is 7.38. The first-order valence-corrected chi connectivity index (χ1v) is 14.0. The van der Waals surface area contributed by atoms with Crippen molar-refractivity contribution in [2.45, 2.75) is 42.3 Å². The van der Waals surface area contributed by atoms with Gasteiger partial charge in [-0.3, -0.25) is 4.79 Å². The Morgan fingerprint density at radius 2 is 1.74 bits per heavy atom. The van der Waals surface area contributed by atoms with E-state index in [2.05, 4.69) is 5.32 Å². The molecule has 206 valence electrons. The molecule has 3 aromatic carbocycles. The molecular weight excluding hydrogens is 520 g/mol. The Bertz CT molecular complexity index is 1410. The quantitative estimate of drug-likeness (QED) is 0.200. The van der Waals surface area contributed by atoms with Crippen molar-refractivity contribution >= 4 is 22.0 Å². The Morgan fingerprint density at radius 3 is 2.36 bits per heavy atom. The summed E-state index contributed by atoms with van der Waals surface area (Å²) in [6, 6.07) is 18.6. The molecular formula is C29H32N2O7S. The predicted octanol–water partition coefficient (Wildman–Crippen LogP) is 3.06. The summed E-state index contributed by atoms with van der Waals surface area (Å²) in [5.41, 5.74) is 1.36. The van der Waals surface area contributed by atoms with Crippen molar-refractivity contribution in [3.63, 3.8) is 0 Å². The van der Waals surface area contributed by atoms with Crippen molar-refractivity contribution in [2.75, 3.05) is 13.7 Å². The molecule has 0 unspecified atom stereocenters. The Morgan fingerprint density at radius 1 is 1.05 bits per heavy atom. The molecule has 0 aliphatic heterocycles. The highest BCUT2D eigenvalue weighted by Crippen LogP contribution is 2.33. The number of hydrogen-bond acceptors (Lipinski definition) is 7. The minimum Gasteiger partial charge on any atom is -0.504 e. The van der Waals surface area contributed by atoms with E-state index >= 15 is 0 Å². The number of aliphatic hydroxyl groups is 1. The lowest BCUT2D eigenvalue weighted by Gasteiger charge is -2.29. The van der Waals surface area contributed by atoms with Gasteiger partial charge >= 0.3 is 0 Å². The van der Waals surface area contributed by atoms with Crippen molar-refractivity contribution in [3.8, 4) is 17.2 Å². The van der Waals surface area contributed by atoms with E-state index in [1.165, 1.54) is 53.9 Å². The molecule has 0 spiro atoms. The fourth-order valence-corrected chi connectivity index (χ4v) is 5.90. The van der Waals surface area contributed by atoms with Crippen LogP contribution in [0.25, 0.3) is 6.08 Å². The first-order chi connectivity index (χ1) is 18.7.